The molecule has 0 fully saturated rings. The fraction of sp³-hybridized carbons (Fsp3) is 0.333. The van der Waals surface area contributed by atoms with Crippen molar-refractivity contribution in [2.45, 2.75) is 12.2 Å². The van der Waals surface area contributed by atoms with E-state index in [0.29, 0.717) is 5.56 Å². The number of hydrogen-bond acceptors (Lipinski definition) is 3. The number of hydrogen-bond donors (Lipinski definition) is 1. The fourth-order valence-corrected chi connectivity index (χ4v) is 2.66. The summed E-state index contributed by atoms with van der Waals surface area (Å²) in [6.07, 6.45) is 0.770. The minimum Gasteiger partial charge on any atom is -0.478 e. The van der Waals surface area contributed by atoms with Gasteiger partial charge in [0, 0.05) is 5.75 Å². The molecule has 1 aromatic heterocycles. The average Bonchev–Trinajstić information content (AvgIpc) is 2.16. The van der Waals surface area contributed by atoms with Crippen LogP contribution in [0.4, 0.5) is 0 Å². The number of pyridine rings is 1. The zero-order chi connectivity index (χ0) is 10.1. The molecule has 1 aliphatic heterocycles. The van der Waals surface area contributed by atoms with Crippen molar-refractivity contribution in [3.05, 3.63) is 28.0 Å². The van der Waals surface area contributed by atoms with Gasteiger partial charge < -0.3 is 5.11 Å². The van der Waals surface area contributed by atoms with Crippen LogP contribution in [0.1, 0.15) is 21.6 Å². The van der Waals surface area contributed by atoms with Crippen LogP contribution in [0.25, 0.3) is 0 Å². The minimum absolute atomic E-state index is 0.267. The number of aromatic nitrogens is 1. The molecule has 1 aliphatic rings. The first-order valence-corrected chi connectivity index (χ1v) is 5.71. The van der Waals surface area contributed by atoms with Gasteiger partial charge in [0.2, 0.25) is 0 Å². The minimum atomic E-state index is -0.919. The maximum Gasteiger partial charge on any atom is 0.336 e. The Hall–Kier alpha value is -0.740. The molecule has 1 N–H and O–H groups in total. The molecule has 2 heterocycles. The summed E-state index contributed by atoms with van der Waals surface area (Å²) in [7, 11) is 0. The third kappa shape index (κ3) is 1.72. The lowest BCUT2D eigenvalue weighted by atomic mass is 10.0. The second-order valence-electron chi connectivity index (χ2n) is 3.03. The number of halogens is 1. The Labute approximate surface area is 90.5 Å². The van der Waals surface area contributed by atoms with Crippen molar-refractivity contribution in [3.63, 3.8) is 0 Å². The summed E-state index contributed by atoms with van der Waals surface area (Å²) < 4.78 is 0. The van der Waals surface area contributed by atoms with Gasteiger partial charge in [-0.3, -0.25) is 0 Å². The van der Waals surface area contributed by atoms with E-state index < -0.39 is 5.97 Å². The monoisotopic (exact) mass is 229 g/mol. The maximum atomic E-state index is 10.9. The number of fused-ring (bicyclic) bond motifs is 1. The molecule has 0 unspecified atom stereocenters. The third-order valence-electron chi connectivity index (χ3n) is 2.14. The van der Waals surface area contributed by atoms with Crippen LogP contribution >= 0.6 is 23.4 Å². The van der Waals surface area contributed by atoms with E-state index in [1.807, 2.05) is 0 Å². The predicted molar refractivity (Wildman–Crippen MR) is 56.1 cm³/mol. The van der Waals surface area contributed by atoms with Crippen LogP contribution in [0, 0.1) is 0 Å². The molecule has 0 amide bonds. The molecule has 14 heavy (non-hydrogen) atoms. The highest BCUT2D eigenvalue weighted by Crippen LogP contribution is 2.27. The van der Waals surface area contributed by atoms with E-state index in [2.05, 4.69) is 4.98 Å². The van der Waals surface area contributed by atoms with E-state index in [-0.39, 0.29) is 5.15 Å². The van der Waals surface area contributed by atoms with Crippen molar-refractivity contribution in [2.24, 2.45) is 0 Å². The number of thioether (sulfide) groups is 1. The summed E-state index contributed by atoms with van der Waals surface area (Å²) in [5.74, 6) is 0.796. The van der Waals surface area contributed by atoms with Crippen molar-refractivity contribution in [2.75, 3.05) is 5.75 Å². The average molecular weight is 230 g/mol. The van der Waals surface area contributed by atoms with Crippen LogP contribution < -0.4 is 0 Å². The number of carboxylic acid groups (broad SMARTS) is 1. The second-order valence-corrected chi connectivity index (χ2v) is 4.52. The van der Waals surface area contributed by atoms with Gasteiger partial charge in [-0.25, -0.2) is 9.78 Å². The summed E-state index contributed by atoms with van der Waals surface area (Å²) in [6.45, 7) is 0. The van der Waals surface area contributed by atoms with Crippen LogP contribution in [0.5, 0.6) is 0 Å². The van der Waals surface area contributed by atoms with Gasteiger partial charge in [-0.15, -0.1) is 0 Å². The van der Waals surface area contributed by atoms with Gasteiger partial charge in [0.1, 0.15) is 5.15 Å². The van der Waals surface area contributed by atoms with E-state index in [9.17, 15) is 4.79 Å². The topological polar surface area (TPSA) is 50.2 Å². The van der Waals surface area contributed by atoms with E-state index in [1.165, 1.54) is 6.07 Å². The maximum absolute atomic E-state index is 10.9. The van der Waals surface area contributed by atoms with Crippen molar-refractivity contribution >= 4 is 29.3 Å². The lowest BCUT2D eigenvalue weighted by Crippen LogP contribution is -2.12. The molecular formula is C9H8ClNO2S. The lowest BCUT2D eigenvalue weighted by molar-refractivity contribution is 0.0695. The molecule has 0 saturated carbocycles. The fourth-order valence-electron chi connectivity index (χ4n) is 1.52. The van der Waals surface area contributed by atoms with Crippen molar-refractivity contribution in [1.82, 2.24) is 4.98 Å². The van der Waals surface area contributed by atoms with Gasteiger partial charge >= 0.3 is 5.97 Å². The van der Waals surface area contributed by atoms with Gasteiger partial charge in [0.25, 0.3) is 0 Å². The molecule has 5 heteroatoms. The highest BCUT2D eigenvalue weighted by atomic mass is 35.5. The molecule has 0 aromatic carbocycles. The zero-order valence-corrected chi connectivity index (χ0v) is 8.86. The van der Waals surface area contributed by atoms with Gasteiger partial charge in [0.15, 0.2) is 0 Å². The quantitative estimate of drug-likeness (QED) is 0.751. The zero-order valence-electron chi connectivity index (χ0n) is 7.29. The van der Waals surface area contributed by atoms with Gasteiger partial charge in [-0.05, 0) is 23.8 Å². The first kappa shape index (κ1) is 9.80. The molecule has 3 nitrogen and oxygen atoms in total. The number of carbonyl (C=O) groups is 1. The smallest absolute Gasteiger partial charge is 0.336 e. The molecule has 0 atom stereocenters. The van der Waals surface area contributed by atoms with Crippen molar-refractivity contribution in [1.29, 1.82) is 0 Å². The predicted octanol–water partition coefficient (Wildman–Crippen LogP) is 2.22. The Morgan fingerprint density at radius 2 is 2.43 bits per heavy atom. The molecular weight excluding hydrogens is 222 g/mol. The lowest BCUT2D eigenvalue weighted by Gasteiger charge is -2.16. The summed E-state index contributed by atoms with van der Waals surface area (Å²) in [5, 5.41) is 9.24. The van der Waals surface area contributed by atoms with Gasteiger partial charge in [-0.1, -0.05) is 11.6 Å². The Morgan fingerprint density at radius 1 is 1.64 bits per heavy atom. The van der Waals surface area contributed by atoms with Gasteiger partial charge in [-0.2, -0.15) is 11.8 Å². The third-order valence-corrected chi connectivity index (χ3v) is 3.31. The Kier molecular flexibility index (Phi) is 2.65. The SMILES string of the molecule is O=C(O)c1cc(Cl)nc2c1CCSC2. The molecule has 74 valence electrons. The summed E-state index contributed by atoms with van der Waals surface area (Å²) >= 11 is 7.49. The molecule has 2 rings (SSSR count). The van der Waals surface area contributed by atoms with E-state index in [1.54, 1.807) is 11.8 Å². The van der Waals surface area contributed by atoms with Crippen molar-refractivity contribution in [3.8, 4) is 0 Å². The van der Waals surface area contributed by atoms with Crippen LogP contribution in [0.15, 0.2) is 6.07 Å². The molecule has 0 aliphatic carbocycles. The van der Waals surface area contributed by atoms with E-state index in [4.69, 9.17) is 16.7 Å². The second kappa shape index (κ2) is 3.79. The number of carboxylic acids is 1. The standard InChI is InChI=1S/C9H8ClNO2S/c10-8-3-6(9(12)13)5-1-2-14-4-7(5)11-8/h3H,1-2,4H2,(H,12,13). The molecule has 1 aromatic rings. The van der Waals surface area contributed by atoms with E-state index >= 15 is 0 Å². The number of nitrogens with zero attached hydrogens (tertiary/aromatic N) is 1. The van der Waals surface area contributed by atoms with Crippen molar-refractivity contribution < 1.29 is 9.90 Å². The van der Waals surface area contributed by atoms with Crippen LogP contribution in [0.2, 0.25) is 5.15 Å². The van der Waals surface area contributed by atoms with Crippen LogP contribution in [-0.4, -0.2) is 21.8 Å². The van der Waals surface area contributed by atoms with Crippen LogP contribution in [-0.2, 0) is 12.2 Å². The molecule has 0 bridgehead atoms. The Morgan fingerprint density at radius 3 is 3.14 bits per heavy atom. The number of rotatable bonds is 1. The highest BCUT2D eigenvalue weighted by Gasteiger charge is 2.19. The largest absolute Gasteiger partial charge is 0.478 e. The van der Waals surface area contributed by atoms with Gasteiger partial charge in [0.05, 0.1) is 11.3 Å². The Bertz CT molecular complexity index is 395. The molecule has 0 saturated heterocycles. The Balaban J connectivity index is 2.58. The summed E-state index contributed by atoms with van der Waals surface area (Å²) in [6, 6.07) is 1.43. The first-order valence-electron chi connectivity index (χ1n) is 4.18. The summed E-state index contributed by atoms with van der Waals surface area (Å²) in [5.41, 5.74) is 1.98. The summed E-state index contributed by atoms with van der Waals surface area (Å²) in [4.78, 5) is 15.1. The molecule has 0 spiro atoms. The number of aromatic carboxylic acids is 1. The molecule has 0 radical (unpaired) electrons. The first-order chi connectivity index (χ1) is 6.68. The van der Waals surface area contributed by atoms with Crippen LogP contribution in [0.3, 0.4) is 0 Å². The van der Waals surface area contributed by atoms with E-state index in [0.717, 1.165) is 29.2 Å². The normalized spacial score (nSPS) is 14.9. The highest BCUT2D eigenvalue weighted by molar-refractivity contribution is 7.98.